The highest BCUT2D eigenvalue weighted by Gasteiger charge is 2.27. The minimum atomic E-state index is 0.218. The molecule has 1 aromatic heterocycles. The van der Waals surface area contributed by atoms with E-state index in [2.05, 4.69) is 38.0 Å². The van der Waals surface area contributed by atoms with Crippen molar-refractivity contribution >= 4 is 22.6 Å². The normalized spacial score (nSPS) is 17.9. The average Bonchev–Trinajstić information content (AvgIpc) is 3.33. The molecular weight excluding hydrogens is 350 g/mol. The number of hydrogen-bond donors (Lipinski definition) is 1. The number of H-pyrrole nitrogens is 1. The highest BCUT2D eigenvalue weighted by atomic mass is 16.2. The van der Waals surface area contributed by atoms with Crippen LogP contribution in [0.5, 0.6) is 0 Å². The molecule has 2 aromatic carbocycles. The molecule has 0 spiro atoms. The standard InChI is InChI=1S/C22H25N5O/c28-22(27-10-9-17-5-1-4-8-20(17)27)16-26-13-11-25(12-14-26)15-21-23-18-6-2-3-7-19(18)24-21/h1-8H,9-16H2,(H,23,24). The number of piperazine rings is 1. The van der Waals surface area contributed by atoms with Crippen molar-refractivity contribution in [2.24, 2.45) is 0 Å². The molecule has 0 aliphatic carbocycles. The molecule has 3 heterocycles. The number of amides is 1. The van der Waals surface area contributed by atoms with Crippen molar-refractivity contribution in [3.05, 3.63) is 59.9 Å². The van der Waals surface area contributed by atoms with Crippen LogP contribution in [0.25, 0.3) is 11.0 Å². The molecule has 2 aliphatic rings. The summed E-state index contributed by atoms with van der Waals surface area (Å²) in [4.78, 5) is 27.5. The van der Waals surface area contributed by atoms with E-state index in [0.717, 1.165) is 68.2 Å². The fourth-order valence-electron chi connectivity index (χ4n) is 4.27. The van der Waals surface area contributed by atoms with Gasteiger partial charge in [-0.1, -0.05) is 30.3 Å². The molecule has 6 heteroatoms. The van der Waals surface area contributed by atoms with Crippen molar-refractivity contribution in [1.82, 2.24) is 19.8 Å². The van der Waals surface area contributed by atoms with E-state index in [9.17, 15) is 4.79 Å². The Morgan fingerprint density at radius 3 is 2.54 bits per heavy atom. The number of aromatic nitrogens is 2. The Morgan fingerprint density at radius 2 is 1.68 bits per heavy atom. The summed E-state index contributed by atoms with van der Waals surface area (Å²) in [6, 6.07) is 16.4. The van der Waals surface area contributed by atoms with E-state index < -0.39 is 0 Å². The van der Waals surface area contributed by atoms with Gasteiger partial charge in [0.15, 0.2) is 0 Å². The van der Waals surface area contributed by atoms with Crippen LogP contribution >= 0.6 is 0 Å². The van der Waals surface area contributed by atoms with Crippen LogP contribution in [0.1, 0.15) is 11.4 Å². The maximum absolute atomic E-state index is 12.8. The number of carbonyl (C=O) groups is 1. The topological polar surface area (TPSA) is 55.5 Å². The summed E-state index contributed by atoms with van der Waals surface area (Å²) in [7, 11) is 0. The van der Waals surface area contributed by atoms with Crippen molar-refractivity contribution in [2.45, 2.75) is 13.0 Å². The Morgan fingerprint density at radius 1 is 0.929 bits per heavy atom. The largest absolute Gasteiger partial charge is 0.341 e. The zero-order chi connectivity index (χ0) is 18.9. The van der Waals surface area contributed by atoms with Gasteiger partial charge < -0.3 is 9.88 Å². The van der Waals surface area contributed by atoms with Crippen molar-refractivity contribution < 1.29 is 4.79 Å². The van der Waals surface area contributed by atoms with Crippen LogP contribution in [-0.4, -0.2) is 64.9 Å². The summed E-state index contributed by atoms with van der Waals surface area (Å²) in [6.45, 7) is 5.90. The summed E-state index contributed by atoms with van der Waals surface area (Å²) in [5.74, 6) is 1.23. The fraction of sp³-hybridized carbons (Fsp3) is 0.364. The Balaban J connectivity index is 1.15. The number of benzene rings is 2. The third-order valence-corrected chi connectivity index (χ3v) is 5.82. The molecule has 0 unspecified atom stereocenters. The second-order valence-electron chi connectivity index (χ2n) is 7.68. The molecule has 0 radical (unpaired) electrons. The molecule has 3 aromatic rings. The number of imidazole rings is 1. The molecular formula is C22H25N5O. The van der Waals surface area contributed by atoms with Crippen LogP contribution in [0.4, 0.5) is 5.69 Å². The fourth-order valence-corrected chi connectivity index (χ4v) is 4.27. The van der Waals surface area contributed by atoms with E-state index in [4.69, 9.17) is 0 Å². The van der Waals surface area contributed by atoms with Gasteiger partial charge in [0.2, 0.25) is 5.91 Å². The monoisotopic (exact) mass is 375 g/mol. The molecule has 1 N–H and O–H groups in total. The highest BCUT2D eigenvalue weighted by Crippen LogP contribution is 2.27. The Hall–Kier alpha value is -2.70. The van der Waals surface area contributed by atoms with Gasteiger partial charge in [-0.25, -0.2) is 4.98 Å². The maximum atomic E-state index is 12.8. The second-order valence-corrected chi connectivity index (χ2v) is 7.68. The van der Waals surface area contributed by atoms with Gasteiger partial charge in [-0.2, -0.15) is 0 Å². The minimum absolute atomic E-state index is 0.218. The molecule has 1 amide bonds. The number of nitrogens with zero attached hydrogens (tertiary/aromatic N) is 4. The first-order chi connectivity index (χ1) is 13.8. The predicted molar refractivity (Wildman–Crippen MR) is 110 cm³/mol. The maximum Gasteiger partial charge on any atom is 0.241 e. The number of carbonyl (C=O) groups excluding carboxylic acids is 1. The molecule has 144 valence electrons. The summed E-state index contributed by atoms with van der Waals surface area (Å²) >= 11 is 0. The average molecular weight is 375 g/mol. The lowest BCUT2D eigenvalue weighted by Crippen LogP contribution is -2.49. The van der Waals surface area contributed by atoms with Gasteiger partial charge in [0, 0.05) is 38.4 Å². The van der Waals surface area contributed by atoms with E-state index in [1.165, 1.54) is 5.56 Å². The molecule has 28 heavy (non-hydrogen) atoms. The molecule has 6 nitrogen and oxygen atoms in total. The van der Waals surface area contributed by atoms with Crippen LogP contribution in [-0.2, 0) is 17.8 Å². The van der Waals surface area contributed by atoms with Gasteiger partial charge >= 0.3 is 0 Å². The van der Waals surface area contributed by atoms with Crippen LogP contribution in [0.2, 0.25) is 0 Å². The summed E-state index contributed by atoms with van der Waals surface area (Å²) in [5, 5.41) is 0. The lowest BCUT2D eigenvalue weighted by atomic mass is 10.2. The number of aromatic amines is 1. The smallest absolute Gasteiger partial charge is 0.241 e. The third kappa shape index (κ3) is 3.41. The number of anilines is 1. The van der Waals surface area contributed by atoms with E-state index in [1.54, 1.807) is 0 Å². The summed E-state index contributed by atoms with van der Waals surface area (Å²) in [6.07, 6.45) is 0.965. The summed E-state index contributed by atoms with van der Waals surface area (Å²) < 4.78 is 0. The lowest BCUT2D eigenvalue weighted by molar-refractivity contribution is -0.120. The molecule has 1 fully saturated rings. The molecule has 2 aliphatic heterocycles. The van der Waals surface area contributed by atoms with Crippen molar-refractivity contribution in [3.63, 3.8) is 0 Å². The van der Waals surface area contributed by atoms with Gasteiger partial charge in [0.05, 0.1) is 24.1 Å². The molecule has 1 saturated heterocycles. The molecule has 0 saturated carbocycles. The van der Waals surface area contributed by atoms with Crippen molar-refractivity contribution in [2.75, 3.05) is 44.2 Å². The Labute approximate surface area is 164 Å². The SMILES string of the molecule is O=C(CN1CCN(Cc2nc3ccccc3[nH]2)CC1)N1CCc2ccccc21. The van der Waals surface area contributed by atoms with Gasteiger partial charge in [-0.15, -0.1) is 0 Å². The zero-order valence-corrected chi connectivity index (χ0v) is 16.0. The van der Waals surface area contributed by atoms with E-state index in [-0.39, 0.29) is 5.91 Å². The molecule has 0 bridgehead atoms. The quantitative estimate of drug-likeness (QED) is 0.760. The Kier molecular flexibility index (Phi) is 4.58. The van der Waals surface area contributed by atoms with Gasteiger partial charge in [-0.3, -0.25) is 14.6 Å². The number of para-hydroxylation sites is 3. The summed E-state index contributed by atoms with van der Waals surface area (Å²) in [5.41, 5.74) is 4.49. The van der Waals surface area contributed by atoms with E-state index in [0.29, 0.717) is 6.54 Å². The van der Waals surface area contributed by atoms with Gasteiger partial charge in [0.25, 0.3) is 0 Å². The van der Waals surface area contributed by atoms with Crippen molar-refractivity contribution in [1.29, 1.82) is 0 Å². The first-order valence-corrected chi connectivity index (χ1v) is 10.0. The van der Waals surface area contributed by atoms with Crippen LogP contribution in [0.3, 0.4) is 0 Å². The number of nitrogens with one attached hydrogen (secondary N) is 1. The minimum Gasteiger partial charge on any atom is -0.341 e. The first-order valence-electron chi connectivity index (χ1n) is 10.0. The van der Waals surface area contributed by atoms with E-state index >= 15 is 0 Å². The van der Waals surface area contributed by atoms with Crippen molar-refractivity contribution in [3.8, 4) is 0 Å². The number of hydrogen-bond acceptors (Lipinski definition) is 4. The van der Waals surface area contributed by atoms with Crippen LogP contribution < -0.4 is 4.90 Å². The van der Waals surface area contributed by atoms with Gasteiger partial charge in [-0.05, 0) is 30.2 Å². The Bertz CT molecular complexity index is 956. The van der Waals surface area contributed by atoms with Gasteiger partial charge in [0.1, 0.15) is 5.82 Å². The second kappa shape index (κ2) is 7.37. The van der Waals surface area contributed by atoms with E-state index in [1.807, 2.05) is 35.2 Å². The number of fused-ring (bicyclic) bond motifs is 2. The molecule has 5 rings (SSSR count). The zero-order valence-electron chi connectivity index (χ0n) is 16.0. The van der Waals surface area contributed by atoms with Crippen LogP contribution in [0.15, 0.2) is 48.5 Å². The predicted octanol–water partition coefficient (Wildman–Crippen LogP) is 2.27. The first kappa shape index (κ1) is 17.4. The lowest BCUT2D eigenvalue weighted by Gasteiger charge is -2.34. The molecule has 0 atom stereocenters. The third-order valence-electron chi connectivity index (χ3n) is 5.82. The highest BCUT2D eigenvalue weighted by molar-refractivity contribution is 5.96. The number of rotatable bonds is 4. The van der Waals surface area contributed by atoms with Crippen LogP contribution in [0, 0.1) is 0 Å².